The van der Waals surface area contributed by atoms with Crippen LogP contribution in [0.4, 0.5) is 10.1 Å². The van der Waals surface area contributed by atoms with Crippen molar-refractivity contribution in [3.8, 4) is 0 Å². The summed E-state index contributed by atoms with van der Waals surface area (Å²) in [4.78, 5) is 12.5. The Bertz CT molecular complexity index is 1160. The highest BCUT2D eigenvalue weighted by Gasteiger charge is 2.38. The van der Waals surface area contributed by atoms with Gasteiger partial charge in [-0.25, -0.2) is 12.8 Å². The number of nitrogens with zero attached hydrogens (tertiary/aromatic N) is 3. The molecule has 3 aromatic rings. The first-order valence-electron chi connectivity index (χ1n) is 9.33. The van der Waals surface area contributed by atoms with Crippen molar-refractivity contribution in [3.05, 3.63) is 69.9 Å². The summed E-state index contributed by atoms with van der Waals surface area (Å²) < 4.78 is 40.6. The normalized spacial score (nSPS) is 17.2. The number of hydrogen-bond acceptors (Lipinski definition) is 6. The molecule has 1 fully saturated rings. The van der Waals surface area contributed by atoms with Gasteiger partial charge in [-0.15, -0.1) is 10.2 Å². The van der Waals surface area contributed by atoms with Gasteiger partial charge >= 0.3 is 0 Å². The Balaban J connectivity index is 1.54. The molecule has 1 aliphatic heterocycles. The molecule has 7 nitrogen and oxygen atoms in total. The zero-order valence-corrected chi connectivity index (χ0v) is 17.7. The first-order chi connectivity index (χ1) is 14.3. The fraction of sp³-hybridized carbons (Fsp3) is 0.250. The number of aryl methyl sites for hydroxylation is 1. The topological polar surface area (TPSA) is 92.3 Å². The third kappa shape index (κ3) is 4.11. The molecule has 0 spiro atoms. The summed E-state index contributed by atoms with van der Waals surface area (Å²) >= 11 is 1.08. The zero-order chi connectivity index (χ0) is 21.3. The zero-order valence-electron chi connectivity index (χ0n) is 16.1. The van der Waals surface area contributed by atoms with Crippen LogP contribution >= 0.6 is 11.3 Å². The van der Waals surface area contributed by atoms with Gasteiger partial charge in [0.25, 0.3) is 5.91 Å². The van der Waals surface area contributed by atoms with E-state index in [9.17, 15) is 17.6 Å². The second-order valence-electron chi connectivity index (χ2n) is 6.99. The van der Waals surface area contributed by atoms with Crippen molar-refractivity contribution in [2.75, 3.05) is 11.9 Å². The molecule has 30 heavy (non-hydrogen) atoms. The Morgan fingerprint density at radius 1 is 1.13 bits per heavy atom. The standard InChI is InChI=1S/C20H19FN4O3S2/c1-13-4-8-15(9-5-13)22-18(26)20-24-23-19(29-20)17-3-2-12-25(17)30(27,28)16-10-6-14(21)7-11-16/h4-11,17H,2-3,12H2,1H3,(H,22,26)/t17-/m0/s1. The second kappa shape index (κ2) is 8.21. The third-order valence-electron chi connectivity index (χ3n) is 4.85. The van der Waals surface area contributed by atoms with Gasteiger partial charge in [0.05, 0.1) is 10.9 Å². The smallest absolute Gasteiger partial charge is 0.286 e. The maximum absolute atomic E-state index is 13.2. The van der Waals surface area contributed by atoms with E-state index in [2.05, 4.69) is 15.5 Å². The van der Waals surface area contributed by atoms with Gasteiger partial charge in [-0.05, 0) is 56.2 Å². The van der Waals surface area contributed by atoms with E-state index in [1.807, 2.05) is 19.1 Å². The minimum atomic E-state index is -3.81. The average molecular weight is 447 g/mol. The van der Waals surface area contributed by atoms with E-state index in [-0.39, 0.29) is 9.90 Å². The largest absolute Gasteiger partial charge is 0.320 e. The number of halogens is 1. The summed E-state index contributed by atoms with van der Waals surface area (Å²) in [5.41, 5.74) is 1.72. The Kier molecular flexibility index (Phi) is 5.63. The van der Waals surface area contributed by atoms with Crippen molar-refractivity contribution in [2.24, 2.45) is 0 Å². The highest BCUT2D eigenvalue weighted by molar-refractivity contribution is 7.89. The first-order valence-corrected chi connectivity index (χ1v) is 11.6. The van der Waals surface area contributed by atoms with Crippen LogP contribution in [0.15, 0.2) is 53.4 Å². The Labute approximate surface area is 177 Å². The minimum absolute atomic E-state index is 0.0256. The molecule has 1 atom stereocenters. The lowest BCUT2D eigenvalue weighted by molar-refractivity contribution is 0.102. The van der Waals surface area contributed by atoms with Gasteiger partial charge in [0, 0.05) is 12.2 Å². The summed E-state index contributed by atoms with van der Waals surface area (Å²) in [5.74, 6) is -0.895. The van der Waals surface area contributed by atoms with Crippen molar-refractivity contribution in [2.45, 2.75) is 30.7 Å². The molecule has 156 valence electrons. The van der Waals surface area contributed by atoms with Crippen LogP contribution in [0.3, 0.4) is 0 Å². The average Bonchev–Trinajstić information content (AvgIpc) is 3.40. The van der Waals surface area contributed by atoms with Crippen molar-refractivity contribution in [1.82, 2.24) is 14.5 Å². The molecule has 0 aliphatic carbocycles. The summed E-state index contributed by atoms with van der Waals surface area (Å²) in [7, 11) is -3.81. The SMILES string of the molecule is Cc1ccc(NC(=O)c2nnc([C@@H]3CCCN3S(=O)(=O)c3ccc(F)cc3)s2)cc1. The van der Waals surface area contributed by atoms with Gasteiger partial charge in [0.15, 0.2) is 0 Å². The first kappa shape index (κ1) is 20.6. The molecular weight excluding hydrogens is 427 g/mol. The van der Waals surface area contributed by atoms with Gasteiger partial charge in [0.2, 0.25) is 15.0 Å². The molecule has 2 heterocycles. The van der Waals surface area contributed by atoms with Crippen molar-refractivity contribution >= 4 is 33.0 Å². The molecule has 1 amide bonds. The van der Waals surface area contributed by atoms with E-state index in [1.165, 1.54) is 16.4 Å². The number of carbonyl (C=O) groups is 1. The number of benzene rings is 2. The second-order valence-corrected chi connectivity index (χ2v) is 9.89. The van der Waals surface area contributed by atoms with Crippen LogP contribution in [-0.2, 0) is 10.0 Å². The fourth-order valence-corrected chi connectivity index (χ4v) is 5.91. The number of hydrogen-bond donors (Lipinski definition) is 1. The highest BCUT2D eigenvalue weighted by Crippen LogP contribution is 2.37. The molecule has 0 radical (unpaired) electrons. The predicted molar refractivity (Wildman–Crippen MR) is 111 cm³/mol. The van der Waals surface area contributed by atoms with E-state index in [1.54, 1.807) is 12.1 Å². The quantitative estimate of drug-likeness (QED) is 0.644. The number of carbonyl (C=O) groups excluding carboxylic acids is 1. The Morgan fingerprint density at radius 3 is 2.53 bits per heavy atom. The fourth-order valence-electron chi connectivity index (χ4n) is 3.30. The van der Waals surface area contributed by atoms with Gasteiger partial charge in [-0.2, -0.15) is 4.31 Å². The molecule has 0 bridgehead atoms. The van der Waals surface area contributed by atoms with E-state index in [0.717, 1.165) is 29.0 Å². The number of anilines is 1. The van der Waals surface area contributed by atoms with Crippen LogP contribution in [0.5, 0.6) is 0 Å². The van der Waals surface area contributed by atoms with Crippen molar-refractivity contribution in [1.29, 1.82) is 0 Å². The maximum Gasteiger partial charge on any atom is 0.286 e. The molecule has 1 N–H and O–H groups in total. The van der Waals surface area contributed by atoms with E-state index < -0.39 is 27.8 Å². The van der Waals surface area contributed by atoms with Gasteiger partial charge in [-0.3, -0.25) is 4.79 Å². The highest BCUT2D eigenvalue weighted by atomic mass is 32.2. The molecule has 0 saturated carbocycles. The van der Waals surface area contributed by atoms with Crippen molar-refractivity contribution in [3.63, 3.8) is 0 Å². The molecule has 0 unspecified atom stereocenters. The number of sulfonamides is 1. The maximum atomic E-state index is 13.2. The van der Waals surface area contributed by atoms with Crippen LogP contribution in [-0.4, -0.2) is 35.4 Å². The summed E-state index contributed by atoms with van der Waals surface area (Å²) in [5, 5.41) is 11.4. The lowest BCUT2D eigenvalue weighted by Crippen LogP contribution is -2.30. The molecule has 1 aliphatic rings. The summed E-state index contributed by atoms with van der Waals surface area (Å²) in [6.07, 6.45) is 1.24. The molecule has 2 aromatic carbocycles. The van der Waals surface area contributed by atoms with Crippen LogP contribution in [0, 0.1) is 12.7 Å². The molecule has 10 heteroatoms. The van der Waals surface area contributed by atoms with E-state index in [0.29, 0.717) is 30.1 Å². The number of amides is 1. The van der Waals surface area contributed by atoms with Gasteiger partial charge in [-0.1, -0.05) is 29.0 Å². The molecule has 4 rings (SSSR count). The van der Waals surface area contributed by atoms with Crippen LogP contribution in [0.1, 0.15) is 39.3 Å². The lowest BCUT2D eigenvalue weighted by Gasteiger charge is -2.22. The van der Waals surface area contributed by atoms with Gasteiger partial charge in [0.1, 0.15) is 10.8 Å². The number of rotatable bonds is 5. The molecular formula is C20H19FN4O3S2. The number of nitrogens with one attached hydrogen (secondary N) is 1. The minimum Gasteiger partial charge on any atom is -0.320 e. The third-order valence-corrected chi connectivity index (χ3v) is 7.80. The Morgan fingerprint density at radius 2 is 1.83 bits per heavy atom. The van der Waals surface area contributed by atoms with Gasteiger partial charge < -0.3 is 5.32 Å². The molecule has 1 saturated heterocycles. The van der Waals surface area contributed by atoms with Crippen LogP contribution < -0.4 is 5.32 Å². The molecule has 1 aromatic heterocycles. The Hall–Kier alpha value is -2.69. The van der Waals surface area contributed by atoms with E-state index >= 15 is 0 Å². The van der Waals surface area contributed by atoms with E-state index in [4.69, 9.17) is 0 Å². The lowest BCUT2D eigenvalue weighted by atomic mass is 10.2. The van der Waals surface area contributed by atoms with Crippen LogP contribution in [0.25, 0.3) is 0 Å². The van der Waals surface area contributed by atoms with Crippen molar-refractivity contribution < 1.29 is 17.6 Å². The summed E-state index contributed by atoms with van der Waals surface area (Å²) in [6, 6.07) is 11.6. The monoisotopic (exact) mass is 446 g/mol. The number of aromatic nitrogens is 2. The summed E-state index contributed by atoms with van der Waals surface area (Å²) in [6.45, 7) is 2.28. The predicted octanol–water partition coefficient (Wildman–Crippen LogP) is 3.76. The van der Waals surface area contributed by atoms with Crippen LogP contribution in [0.2, 0.25) is 0 Å².